The number of hydrogen-bond acceptors (Lipinski definition) is 1. The smallest absolute Gasteiger partial charge is 0.0361 e. The predicted octanol–water partition coefficient (Wildman–Crippen LogP) is 3.09. The van der Waals surface area contributed by atoms with Crippen molar-refractivity contribution in [1.82, 2.24) is 0 Å². The Kier molecular flexibility index (Phi) is 3.90. The minimum Gasteiger partial charge on any atom is -0.323 e. The van der Waals surface area contributed by atoms with Crippen LogP contribution in [0.4, 0.5) is 0 Å². The molecule has 0 fully saturated rings. The summed E-state index contributed by atoms with van der Waals surface area (Å²) in [7, 11) is 0. The average molecular weight is 188 g/mol. The summed E-state index contributed by atoms with van der Waals surface area (Å²) in [4.78, 5) is 0. The van der Waals surface area contributed by atoms with Crippen molar-refractivity contribution < 1.29 is 0 Å². The fourth-order valence-corrected chi connectivity index (χ4v) is 1.76. The summed E-state index contributed by atoms with van der Waals surface area (Å²) in [5.41, 5.74) is 8.47. The van der Waals surface area contributed by atoms with Gasteiger partial charge in [-0.3, -0.25) is 0 Å². The third kappa shape index (κ3) is 2.46. The number of nitrogens with two attached hydrogens (primary N) is 1. The van der Waals surface area contributed by atoms with Crippen LogP contribution < -0.4 is 5.73 Å². The summed E-state index contributed by atoms with van der Waals surface area (Å²) in [6.07, 6.45) is 1.03. The van der Waals surface area contributed by atoms with Crippen molar-refractivity contribution in [2.75, 3.05) is 0 Å². The molecule has 14 heavy (non-hydrogen) atoms. The van der Waals surface area contributed by atoms with Gasteiger partial charge in [0.2, 0.25) is 0 Å². The molecule has 0 heterocycles. The van der Waals surface area contributed by atoms with E-state index in [2.05, 4.69) is 19.6 Å². The van der Waals surface area contributed by atoms with Gasteiger partial charge >= 0.3 is 0 Å². The summed E-state index contributed by atoms with van der Waals surface area (Å²) < 4.78 is 0. The van der Waals surface area contributed by atoms with E-state index >= 15 is 0 Å². The maximum absolute atomic E-state index is 6.17. The number of rotatable bonds is 4. The van der Waals surface area contributed by atoms with Crippen LogP contribution in [0.25, 0.3) is 0 Å². The van der Waals surface area contributed by atoms with Gasteiger partial charge in [0, 0.05) is 6.04 Å². The van der Waals surface area contributed by atoms with Crippen molar-refractivity contribution in [2.24, 2.45) is 11.7 Å². The Hall–Kier alpha value is -1.08. The Bertz CT molecular complexity index is 289. The van der Waals surface area contributed by atoms with Crippen LogP contribution in [0.3, 0.4) is 0 Å². The molecule has 0 aliphatic carbocycles. The van der Waals surface area contributed by atoms with Gasteiger partial charge in [-0.2, -0.15) is 0 Å². The lowest BCUT2D eigenvalue weighted by Gasteiger charge is -2.23. The molecule has 1 aromatic carbocycles. The monoisotopic (exact) mass is 188 g/mol. The van der Waals surface area contributed by atoms with E-state index in [-0.39, 0.29) is 6.04 Å². The minimum atomic E-state index is 0.0509. The van der Waals surface area contributed by atoms with Crippen molar-refractivity contribution in [2.45, 2.75) is 26.3 Å². The zero-order valence-electron chi connectivity index (χ0n) is 8.96. The first kappa shape index (κ1) is 11.0. The fraction of sp³-hybridized carbons (Fsp3) is 0.385. The Labute approximate surface area is 86.6 Å². The maximum atomic E-state index is 6.17. The zero-order valence-corrected chi connectivity index (χ0v) is 8.96. The van der Waals surface area contributed by atoms with Crippen LogP contribution in [0, 0.1) is 12.0 Å². The lowest BCUT2D eigenvalue weighted by atomic mass is 9.87. The normalized spacial score (nSPS) is 14.8. The summed E-state index contributed by atoms with van der Waals surface area (Å²) >= 11 is 0. The predicted molar refractivity (Wildman–Crippen MR) is 60.8 cm³/mol. The Morgan fingerprint density at radius 1 is 1.64 bits per heavy atom. The highest BCUT2D eigenvalue weighted by Gasteiger charge is 2.17. The molecule has 2 atom stereocenters. The maximum Gasteiger partial charge on any atom is 0.0361 e. The zero-order chi connectivity index (χ0) is 10.6. The van der Waals surface area contributed by atoms with E-state index in [4.69, 9.17) is 5.73 Å². The molecule has 0 saturated carbocycles. The quantitative estimate of drug-likeness (QED) is 0.722. The van der Waals surface area contributed by atoms with Gasteiger partial charge in [-0.05, 0) is 37.0 Å². The van der Waals surface area contributed by atoms with Gasteiger partial charge in [0.15, 0.2) is 0 Å². The van der Waals surface area contributed by atoms with Gasteiger partial charge in [-0.1, -0.05) is 37.3 Å². The van der Waals surface area contributed by atoms with E-state index in [1.807, 2.05) is 31.2 Å². The van der Waals surface area contributed by atoms with Crippen molar-refractivity contribution in [3.8, 4) is 0 Å². The highest BCUT2D eigenvalue weighted by atomic mass is 14.6. The summed E-state index contributed by atoms with van der Waals surface area (Å²) in [5.74, 6) is 0.366. The van der Waals surface area contributed by atoms with E-state index in [9.17, 15) is 0 Å². The Morgan fingerprint density at radius 2 is 2.36 bits per heavy atom. The third-order valence-electron chi connectivity index (χ3n) is 2.62. The molecular weight excluding hydrogens is 170 g/mol. The molecule has 2 unspecified atom stereocenters. The first-order valence-electron chi connectivity index (χ1n) is 5.03. The van der Waals surface area contributed by atoms with Crippen LogP contribution in [0.5, 0.6) is 0 Å². The molecular formula is C13H18N. The lowest BCUT2D eigenvalue weighted by molar-refractivity contribution is 0.482. The lowest BCUT2D eigenvalue weighted by Crippen LogP contribution is -2.21. The van der Waals surface area contributed by atoms with Crippen LogP contribution in [0.15, 0.2) is 36.4 Å². The van der Waals surface area contributed by atoms with Crippen LogP contribution in [-0.4, -0.2) is 0 Å². The molecule has 1 radical (unpaired) electrons. The summed E-state index contributed by atoms with van der Waals surface area (Å²) in [6.45, 7) is 8.17. The molecule has 1 aromatic rings. The molecule has 2 N–H and O–H groups in total. The molecule has 1 nitrogen and oxygen atoms in total. The highest BCUT2D eigenvalue weighted by molar-refractivity contribution is 5.21. The van der Waals surface area contributed by atoms with Crippen LogP contribution >= 0.6 is 0 Å². The van der Waals surface area contributed by atoms with Crippen LogP contribution in [-0.2, 0) is 0 Å². The van der Waals surface area contributed by atoms with Gasteiger partial charge in [0.05, 0.1) is 0 Å². The molecule has 1 rings (SSSR count). The van der Waals surface area contributed by atoms with E-state index in [1.54, 1.807) is 0 Å². The molecule has 1 heteroatoms. The topological polar surface area (TPSA) is 26.0 Å². The van der Waals surface area contributed by atoms with E-state index < -0.39 is 0 Å². The van der Waals surface area contributed by atoms with Crippen molar-refractivity contribution in [3.63, 3.8) is 0 Å². The molecule has 0 saturated heterocycles. The van der Waals surface area contributed by atoms with Crippen molar-refractivity contribution in [1.29, 1.82) is 0 Å². The average Bonchev–Trinajstić information content (AvgIpc) is 2.19. The first-order valence-corrected chi connectivity index (χ1v) is 5.03. The van der Waals surface area contributed by atoms with Crippen molar-refractivity contribution in [3.05, 3.63) is 48.0 Å². The SMILES string of the molecule is C=C(C)C(CC)C(N)c1c[c]ccc1. The second-order valence-corrected chi connectivity index (χ2v) is 3.72. The van der Waals surface area contributed by atoms with Crippen LogP contribution in [0.2, 0.25) is 0 Å². The summed E-state index contributed by atoms with van der Waals surface area (Å²) in [6, 6.07) is 11.0. The largest absolute Gasteiger partial charge is 0.323 e. The van der Waals surface area contributed by atoms with E-state index in [0.29, 0.717) is 5.92 Å². The molecule has 0 aliphatic rings. The molecule has 75 valence electrons. The van der Waals surface area contributed by atoms with Gasteiger partial charge in [-0.15, -0.1) is 0 Å². The van der Waals surface area contributed by atoms with Crippen LogP contribution in [0.1, 0.15) is 31.9 Å². The molecule has 0 aliphatic heterocycles. The van der Waals surface area contributed by atoms with E-state index in [1.165, 1.54) is 0 Å². The standard InChI is InChI=1S/C13H18N/c1-4-12(10(2)3)13(14)11-8-6-5-7-9-11/h5-6,8-9,12-13H,2,4,14H2,1,3H3. The number of benzene rings is 1. The Balaban J connectivity index is 2.83. The third-order valence-corrected chi connectivity index (χ3v) is 2.62. The molecule has 0 bridgehead atoms. The molecule has 0 spiro atoms. The first-order chi connectivity index (χ1) is 6.66. The van der Waals surface area contributed by atoms with Crippen molar-refractivity contribution >= 4 is 0 Å². The second-order valence-electron chi connectivity index (χ2n) is 3.72. The Morgan fingerprint density at radius 3 is 2.79 bits per heavy atom. The molecule has 0 aromatic heterocycles. The molecule has 0 amide bonds. The van der Waals surface area contributed by atoms with E-state index in [0.717, 1.165) is 17.6 Å². The fourth-order valence-electron chi connectivity index (χ4n) is 1.76. The minimum absolute atomic E-state index is 0.0509. The van der Waals surface area contributed by atoms with Gasteiger partial charge < -0.3 is 5.73 Å². The summed E-state index contributed by atoms with van der Waals surface area (Å²) in [5, 5.41) is 0. The highest BCUT2D eigenvalue weighted by Crippen LogP contribution is 2.27. The van der Waals surface area contributed by atoms with Gasteiger partial charge in [-0.25, -0.2) is 0 Å². The second kappa shape index (κ2) is 4.97. The van der Waals surface area contributed by atoms with Gasteiger partial charge in [0.1, 0.15) is 0 Å². The number of hydrogen-bond donors (Lipinski definition) is 1. The van der Waals surface area contributed by atoms with Gasteiger partial charge in [0.25, 0.3) is 0 Å².